The van der Waals surface area contributed by atoms with Crippen molar-refractivity contribution in [1.29, 1.82) is 0 Å². The minimum Gasteiger partial charge on any atom is -0.309 e. The van der Waals surface area contributed by atoms with Crippen molar-refractivity contribution in [2.75, 3.05) is 0 Å². The monoisotopic (exact) mass is 334 g/mol. The van der Waals surface area contributed by atoms with Gasteiger partial charge in [-0.1, -0.05) is 25.8 Å². The number of hydrogen-bond acceptors (Lipinski definition) is 4. The Morgan fingerprint density at radius 3 is 2.80 bits per heavy atom. The summed E-state index contributed by atoms with van der Waals surface area (Å²) in [5.74, 6) is 4.08. The molecule has 1 aliphatic carbocycles. The summed E-state index contributed by atoms with van der Waals surface area (Å²) in [5, 5.41) is 13.7. The van der Waals surface area contributed by atoms with Crippen molar-refractivity contribution in [2.24, 2.45) is 5.92 Å². The summed E-state index contributed by atoms with van der Waals surface area (Å²) in [4.78, 5) is 4.49. The molecule has 1 fully saturated rings. The fourth-order valence-corrected chi connectivity index (χ4v) is 4.53. The number of hydrogen-bond donors (Lipinski definition) is 0. The first-order chi connectivity index (χ1) is 12.4. The van der Waals surface area contributed by atoms with E-state index >= 15 is 0 Å². The second-order valence-electron chi connectivity index (χ2n) is 7.10. The quantitative estimate of drug-likeness (QED) is 0.737. The summed E-state index contributed by atoms with van der Waals surface area (Å²) < 4.78 is 4.25. The van der Waals surface area contributed by atoms with Crippen LogP contribution in [-0.4, -0.2) is 29.5 Å². The van der Waals surface area contributed by atoms with E-state index in [0.717, 1.165) is 42.0 Å². The minimum absolute atomic E-state index is 0.503. The van der Waals surface area contributed by atoms with Crippen LogP contribution < -0.4 is 0 Å². The van der Waals surface area contributed by atoms with Gasteiger partial charge in [-0.05, 0) is 30.9 Å². The summed E-state index contributed by atoms with van der Waals surface area (Å²) in [7, 11) is 0. The van der Waals surface area contributed by atoms with Gasteiger partial charge in [0.1, 0.15) is 11.5 Å². The Bertz CT molecular complexity index is 888. The Labute approximate surface area is 146 Å². The number of aryl methyl sites for hydroxylation is 1. The summed E-state index contributed by atoms with van der Waals surface area (Å²) in [6.07, 6.45) is 10.1. The average molecular weight is 334 g/mol. The highest BCUT2D eigenvalue weighted by Gasteiger charge is 2.37. The smallest absolute Gasteiger partial charge is 0.183 e. The molecule has 0 bridgehead atoms. The van der Waals surface area contributed by atoms with Crippen molar-refractivity contribution in [3.63, 3.8) is 0 Å². The van der Waals surface area contributed by atoms with Gasteiger partial charge in [0.15, 0.2) is 11.6 Å². The molecule has 6 nitrogen and oxygen atoms in total. The zero-order chi connectivity index (χ0) is 16.8. The van der Waals surface area contributed by atoms with E-state index in [1.54, 1.807) is 0 Å². The molecule has 3 aromatic heterocycles. The van der Waals surface area contributed by atoms with Crippen molar-refractivity contribution in [3.8, 4) is 17.3 Å². The zero-order valence-corrected chi connectivity index (χ0v) is 14.5. The van der Waals surface area contributed by atoms with Crippen LogP contribution in [0.25, 0.3) is 17.3 Å². The van der Waals surface area contributed by atoms with Crippen LogP contribution >= 0.6 is 0 Å². The molecule has 1 aliphatic heterocycles. The first-order valence-electron chi connectivity index (χ1n) is 9.28. The molecule has 1 atom stereocenters. The molecule has 4 heterocycles. The zero-order valence-electron chi connectivity index (χ0n) is 14.5. The van der Waals surface area contributed by atoms with Gasteiger partial charge in [0, 0.05) is 30.6 Å². The normalized spacial score (nSPS) is 19.8. The van der Waals surface area contributed by atoms with E-state index in [1.807, 2.05) is 35.3 Å². The molecule has 0 amide bonds. The topological polar surface area (TPSA) is 61.4 Å². The molecule has 6 heteroatoms. The SMILES string of the molecule is CCc1nnc2n1CC(C1CCCC1)c1cnn(-c3ccccn3)c1-2. The molecule has 2 aliphatic rings. The van der Waals surface area contributed by atoms with E-state index in [-0.39, 0.29) is 0 Å². The van der Waals surface area contributed by atoms with Crippen LogP contribution in [0.3, 0.4) is 0 Å². The van der Waals surface area contributed by atoms with E-state index in [9.17, 15) is 0 Å². The first-order valence-corrected chi connectivity index (χ1v) is 9.28. The highest BCUT2D eigenvalue weighted by molar-refractivity contribution is 5.61. The molecule has 128 valence electrons. The van der Waals surface area contributed by atoms with Crippen LogP contribution in [0.15, 0.2) is 30.6 Å². The third kappa shape index (κ3) is 2.23. The fourth-order valence-electron chi connectivity index (χ4n) is 4.53. The van der Waals surface area contributed by atoms with Crippen molar-refractivity contribution >= 4 is 0 Å². The van der Waals surface area contributed by atoms with Gasteiger partial charge in [0.2, 0.25) is 0 Å². The molecule has 0 radical (unpaired) electrons. The Balaban J connectivity index is 1.70. The number of nitrogens with zero attached hydrogens (tertiary/aromatic N) is 6. The Kier molecular flexibility index (Phi) is 3.43. The Morgan fingerprint density at radius 2 is 2.04 bits per heavy atom. The lowest BCUT2D eigenvalue weighted by Gasteiger charge is -2.29. The lowest BCUT2D eigenvalue weighted by atomic mass is 9.83. The van der Waals surface area contributed by atoms with Gasteiger partial charge in [-0.15, -0.1) is 10.2 Å². The maximum Gasteiger partial charge on any atom is 0.183 e. The van der Waals surface area contributed by atoms with Crippen molar-refractivity contribution in [1.82, 2.24) is 29.5 Å². The molecule has 0 saturated heterocycles. The molecule has 5 rings (SSSR count). The maximum atomic E-state index is 4.70. The van der Waals surface area contributed by atoms with E-state index in [4.69, 9.17) is 5.10 Å². The van der Waals surface area contributed by atoms with Crippen molar-refractivity contribution < 1.29 is 0 Å². The Hall–Kier alpha value is -2.50. The van der Waals surface area contributed by atoms with E-state index in [1.165, 1.54) is 31.2 Å². The van der Waals surface area contributed by atoms with Crippen LogP contribution in [-0.2, 0) is 13.0 Å². The maximum absolute atomic E-state index is 4.70. The molecule has 25 heavy (non-hydrogen) atoms. The average Bonchev–Trinajstić information content (AvgIpc) is 3.39. The number of pyridine rings is 1. The molecule has 3 aromatic rings. The van der Waals surface area contributed by atoms with E-state index in [2.05, 4.69) is 26.7 Å². The van der Waals surface area contributed by atoms with Gasteiger partial charge in [-0.25, -0.2) is 9.67 Å². The standard InChI is InChI=1S/C19H22N6/c1-2-16-22-23-19-18-14(11-21-25(18)17-9-5-6-10-20-17)15(12-24(16)19)13-7-3-4-8-13/h5-6,9-11,13,15H,2-4,7-8,12H2,1H3. The highest BCUT2D eigenvalue weighted by Crippen LogP contribution is 2.45. The van der Waals surface area contributed by atoms with Crippen LogP contribution in [0, 0.1) is 5.92 Å². The van der Waals surface area contributed by atoms with Gasteiger partial charge in [0.25, 0.3) is 0 Å². The predicted octanol–water partition coefficient (Wildman–Crippen LogP) is 3.38. The first kappa shape index (κ1) is 14.8. The third-order valence-electron chi connectivity index (χ3n) is 5.77. The summed E-state index contributed by atoms with van der Waals surface area (Å²) in [5.41, 5.74) is 2.40. The van der Waals surface area contributed by atoms with Gasteiger partial charge in [0.05, 0.1) is 6.20 Å². The lowest BCUT2D eigenvalue weighted by molar-refractivity contribution is 0.378. The molecule has 0 aromatic carbocycles. The van der Waals surface area contributed by atoms with Gasteiger partial charge in [-0.2, -0.15) is 5.10 Å². The summed E-state index contributed by atoms with van der Waals surface area (Å²) in [6.45, 7) is 3.13. The van der Waals surface area contributed by atoms with Crippen molar-refractivity contribution in [2.45, 2.75) is 51.5 Å². The number of rotatable bonds is 3. The van der Waals surface area contributed by atoms with E-state index in [0.29, 0.717) is 5.92 Å². The summed E-state index contributed by atoms with van der Waals surface area (Å²) >= 11 is 0. The molecular weight excluding hydrogens is 312 g/mol. The van der Waals surface area contributed by atoms with Gasteiger partial charge in [-0.3, -0.25) is 0 Å². The van der Waals surface area contributed by atoms with E-state index < -0.39 is 0 Å². The molecular formula is C19H22N6. The molecule has 1 unspecified atom stereocenters. The van der Waals surface area contributed by atoms with Gasteiger partial charge >= 0.3 is 0 Å². The second-order valence-corrected chi connectivity index (χ2v) is 7.10. The van der Waals surface area contributed by atoms with Crippen LogP contribution in [0.1, 0.15) is 49.9 Å². The molecule has 0 N–H and O–H groups in total. The number of fused-ring (bicyclic) bond motifs is 3. The Morgan fingerprint density at radius 1 is 1.16 bits per heavy atom. The predicted molar refractivity (Wildman–Crippen MR) is 94.5 cm³/mol. The fraction of sp³-hybridized carbons (Fsp3) is 0.474. The van der Waals surface area contributed by atoms with Crippen LogP contribution in [0.4, 0.5) is 0 Å². The summed E-state index contributed by atoms with van der Waals surface area (Å²) in [6, 6.07) is 5.92. The lowest BCUT2D eigenvalue weighted by Crippen LogP contribution is -2.24. The van der Waals surface area contributed by atoms with Crippen molar-refractivity contribution in [3.05, 3.63) is 42.0 Å². The minimum atomic E-state index is 0.503. The van der Waals surface area contributed by atoms with Crippen LogP contribution in [0.2, 0.25) is 0 Å². The van der Waals surface area contributed by atoms with Gasteiger partial charge < -0.3 is 4.57 Å². The molecule has 1 saturated carbocycles. The largest absolute Gasteiger partial charge is 0.309 e. The highest BCUT2D eigenvalue weighted by atomic mass is 15.4. The third-order valence-corrected chi connectivity index (χ3v) is 5.77. The number of aromatic nitrogens is 6. The second kappa shape index (κ2) is 5.79. The molecule has 0 spiro atoms. The van der Waals surface area contributed by atoms with Crippen LogP contribution in [0.5, 0.6) is 0 Å².